The third-order valence-corrected chi connectivity index (χ3v) is 2.08. The first-order chi connectivity index (χ1) is 5.25. The van der Waals surface area contributed by atoms with Crippen molar-refractivity contribution in [2.45, 2.75) is 25.9 Å². The van der Waals surface area contributed by atoms with Crippen molar-refractivity contribution in [1.82, 2.24) is 5.32 Å². The molecule has 0 amide bonds. The van der Waals surface area contributed by atoms with Gasteiger partial charge in [0.05, 0.1) is 12.1 Å². The Bertz CT molecular complexity index is 261. The van der Waals surface area contributed by atoms with E-state index in [0.29, 0.717) is 12.1 Å². The van der Waals surface area contributed by atoms with E-state index < -0.39 is 0 Å². The summed E-state index contributed by atoms with van der Waals surface area (Å²) in [6.45, 7) is 4.12. The highest BCUT2D eigenvalue weighted by molar-refractivity contribution is 5.94. The number of aliphatic imine (C=N–C) groups is 1. The molecule has 0 saturated heterocycles. The maximum absolute atomic E-state index is 4.49. The van der Waals surface area contributed by atoms with Gasteiger partial charge in [0.25, 0.3) is 0 Å². The van der Waals surface area contributed by atoms with Crippen molar-refractivity contribution in [2.75, 3.05) is 0 Å². The van der Waals surface area contributed by atoms with Crippen molar-refractivity contribution in [3.63, 3.8) is 0 Å². The van der Waals surface area contributed by atoms with Crippen LogP contribution in [0, 0.1) is 0 Å². The van der Waals surface area contributed by atoms with Gasteiger partial charge in [-0.2, -0.15) is 0 Å². The Kier molecular flexibility index (Phi) is 1.34. The van der Waals surface area contributed by atoms with Gasteiger partial charge in [0, 0.05) is 11.4 Å². The minimum atomic E-state index is 0.347. The number of allylic oxidation sites excluding steroid dienone is 2. The number of hydrogen-bond acceptors (Lipinski definition) is 2. The first kappa shape index (κ1) is 6.65. The van der Waals surface area contributed by atoms with Crippen LogP contribution in [0.4, 0.5) is 0 Å². The lowest BCUT2D eigenvalue weighted by atomic mass is 10.1. The monoisotopic (exact) mass is 148 g/mol. The lowest BCUT2D eigenvalue weighted by Gasteiger charge is -2.16. The molecule has 1 N–H and O–H groups in total. The molecule has 0 spiro atoms. The van der Waals surface area contributed by atoms with E-state index in [9.17, 15) is 0 Å². The van der Waals surface area contributed by atoms with E-state index in [2.05, 4.69) is 35.5 Å². The van der Waals surface area contributed by atoms with Crippen molar-refractivity contribution in [1.29, 1.82) is 0 Å². The molecule has 0 fully saturated rings. The van der Waals surface area contributed by atoms with Crippen molar-refractivity contribution in [3.8, 4) is 0 Å². The Morgan fingerprint density at radius 3 is 3.09 bits per heavy atom. The largest absolute Gasteiger partial charge is 0.380 e. The normalized spacial score (nSPS) is 34.0. The molecule has 2 aliphatic heterocycles. The molecule has 58 valence electrons. The second-order valence-electron chi connectivity index (χ2n) is 3.14. The summed E-state index contributed by atoms with van der Waals surface area (Å²) in [5.74, 6) is 0. The lowest BCUT2D eigenvalue weighted by molar-refractivity contribution is 0.653. The number of nitrogens with zero attached hydrogens (tertiary/aromatic N) is 1. The van der Waals surface area contributed by atoms with Gasteiger partial charge < -0.3 is 5.32 Å². The van der Waals surface area contributed by atoms with Crippen molar-refractivity contribution in [2.24, 2.45) is 4.99 Å². The van der Waals surface area contributed by atoms with Gasteiger partial charge in [-0.15, -0.1) is 0 Å². The van der Waals surface area contributed by atoms with Crippen LogP contribution in [0.15, 0.2) is 28.9 Å². The Hall–Kier alpha value is -1.05. The van der Waals surface area contributed by atoms with Crippen LogP contribution in [-0.4, -0.2) is 17.8 Å². The average Bonchev–Trinajstić information content (AvgIpc) is 2.27. The minimum absolute atomic E-state index is 0.347. The van der Waals surface area contributed by atoms with Gasteiger partial charge in [-0.1, -0.05) is 6.08 Å². The van der Waals surface area contributed by atoms with Crippen LogP contribution in [0.25, 0.3) is 0 Å². The molecule has 0 bridgehead atoms. The van der Waals surface area contributed by atoms with Crippen LogP contribution >= 0.6 is 0 Å². The van der Waals surface area contributed by atoms with Gasteiger partial charge in [0.15, 0.2) is 0 Å². The predicted molar refractivity (Wildman–Crippen MR) is 46.7 cm³/mol. The number of fused-ring (bicyclic) bond motifs is 1. The molecule has 2 heteroatoms. The molecule has 2 rings (SSSR count). The fraction of sp³-hybridized carbons (Fsp3) is 0.444. The van der Waals surface area contributed by atoms with Crippen LogP contribution < -0.4 is 5.32 Å². The van der Waals surface area contributed by atoms with Gasteiger partial charge in [-0.3, -0.25) is 4.99 Å². The Balaban J connectivity index is 2.26. The molecule has 2 aliphatic rings. The first-order valence-corrected chi connectivity index (χ1v) is 3.93. The molecule has 2 nitrogen and oxygen atoms in total. The Labute approximate surface area is 66.7 Å². The summed E-state index contributed by atoms with van der Waals surface area (Å²) in [6, 6.07) is 0.763. The average molecular weight is 148 g/mol. The Morgan fingerprint density at radius 2 is 2.27 bits per heavy atom. The molecule has 0 aromatic heterocycles. The van der Waals surface area contributed by atoms with E-state index >= 15 is 0 Å². The van der Waals surface area contributed by atoms with Crippen LogP contribution in [0.1, 0.15) is 13.8 Å². The maximum atomic E-state index is 4.49. The summed E-state index contributed by atoms with van der Waals surface area (Å²) < 4.78 is 0. The molecule has 2 heterocycles. The zero-order chi connectivity index (χ0) is 7.84. The van der Waals surface area contributed by atoms with Crippen molar-refractivity contribution >= 4 is 5.71 Å². The number of dihydropyridines is 1. The fourth-order valence-electron chi connectivity index (χ4n) is 1.56. The molecule has 0 aromatic rings. The molecular formula is C9H12N2. The van der Waals surface area contributed by atoms with Crippen LogP contribution in [0.5, 0.6) is 0 Å². The van der Waals surface area contributed by atoms with E-state index in [4.69, 9.17) is 0 Å². The first-order valence-electron chi connectivity index (χ1n) is 3.93. The van der Waals surface area contributed by atoms with E-state index in [1.54, 1.807) is 0 Å². The van der Waals surface area contributed by atoms with E-state index in [-0.39, 0.29) is 0 Å². The second kappa shape index (κ2) is 2.22. The van der Waals surface area contributed by atoms with Crippen molar-refractivity contribution < 1.29 is 0 Å². The molecule has 0 radical (unpaired) electrons. The third kappa shape index (κ3) is 1.09. The summed E-state index contributed by atoms with van der Waals surface area (Å²) in [7, 11) is 0. The van der Waals surface area contributed by atoms with E-state index in [1.807, 2.05) is 6.92 Å². The lowest BCUT2D eigenvalue weighted by Crippen LogP contribution is -2.30. The summed E-state index contributed by atoms with van der Waals surface area (Å²) in [4.78, 5) is 4.49. The van der Waals surface area contributed by atoms with Gasteiger partial charge in [-0.05, 0) is 26.0 Å². The quantitative estimate of drug-likeness (QED) is 0.549. The second-order valence-corrected chi connectivity index (χ2v) is 3.14. The summed E-state index contributed by atoms with van der Waals surface area (Å²) in [5, 5.41) is 3.34. The van der Waals surface area contributed by atoms with Gasteiger partial charge >= 0.3 is 0 Å². The fourth-order valence-corrected chi connectivity index (χ4v) is 1.56. The standard InChI is InChI=1S/C9H12N2/c1-6-3-4-8-9(10-6)5-7(2)11-8/h3-5,8-9,11H,1-2H3. The maximum Gasteiger partial charge on any atom is 0.0939 e. The summed E-state index contributed by atoms with van der Waals surface area (Å²) >= 11 is 0. The molecule has 2 atom stereocenters. The zero-order valence-electron chi connectivity index (χ0n) is 6.83. The topological polar surface area (TPSA) is 24.4 Å². The van der Waals surface area contributed by atoms with Crippen LogP contribution in [0.3, 0.4) is 0 Å². The van der Waals surface area contributed by atoms with E-state index in [1.165, 1.54) is 5.70 Å². The molecule has 0 saturated carbocycles. The summed E-state index contributed by atoms with van der Waals surface area (Å²) in [6.07, 6.45) is 6.43. The predicted octanol–water partition coefficient (Wildman–Crippen LogP) is 1.26. The number of rotatable bonds is 0. The highest BCUT2D eigenvalue weighted by Crippen LogP contribution is 2.17. The number of nitrogens with one attached hydrogen (secondary N) is 1. The number of hydrogen-bond donors (Lipinski definition) is 1. The van der Waals surface area contributed by atoms with Crippen LogP contribution in [0.2, 0.25) is 0 Å². The van der Waals surface area contributed by atoms with Gasteiger partial charge in [0.2, 0.25) is 0 Å². The molecule has 11 heavy (non-hydrogen) atoms. The van der Waals surface area contributed by atoms with Gasteiger partial charge in [-0.25, -0.2) is 0 Å². The van der Waals surface area contributed by atoms with Crippen LogP contribution in [-0.2, 0) is 0 Å². The summed E-state index contributed by atoms with van der Waals surface area (Å²) in [5.41, 5.74) is 2.36. The SMILES string of the molecule is CC1=CC2N=C(C)C=CC2N1. The molecule has 0 aliphatic carbocycles. The smallest absolute Gasteiger partial charge is 0.0939 e. The highest BCUT2D eigenvalue weighted by Gasteiger charge is 2.23. The molecule has 2 unspecified atom stereocenters. The van der Waals surface area contributed by atoms with Crippen molar-refractivity contribution in [3.05, 3.63) is 23.9 Å². The minimum Gasteiger partial charge on any atom is -0.380 e. The highest BCUT2D eigenvalue weighted by atomic mass is 15.0. The van der Waals surface area contributed by atoms with Gasteiger partial charge in [0.1, 0.15) is 0 Å². The molecular weight excluding hydrogens is 136 g/mol. The zero-order valence-corrected chi connectivity index (χ0v) is 6.83. The Morgan fingerprint density at radius 1 is 1.45 bits per heavy atom. The third-order valence-electron chi connectivity index (χ3n) is 2.08. The molecule has 0 aromatic carbocycles. The van der Waals surface area contributed by atoms with E-state index in [0.717, 1.165) is 5.71 Å².